The predicted octanol–water partition coefficient (Wildman–Crippen LogP) is 3.48. The maximum Gasteiger partial charge on any atom is 0.307 e. The van der Waals surface area contributed by atoms with Gasteiger partial charge in [-0.2, -0.15) is 0 Å². The fourth-order valence-corrected chi connectivity index (χ4v) is 3.41. The van der Waals surface area contributed by atoms with E-state index >= 15 is 0 Å². The molecule has 0 N–H and O–H groups in total. The molecule has 0 atom stereocenters. The number of aromatic nitrogens is 3. The van der Waals surface area contributed by atoms with Crippen LogP contribution in [-0.2, 0) is 16.1 Å². The Bertz CT molecular complexity index is 1000. The van der Waals surface area contributed by atoms with Crippen LogP contribution in [0.4, 0.5) is 0 Å². The van der Waals surface area contributed by atoms with Gasteiger partial charge < -0.3 is 14.2 Å². The molecule has 30 heavy (non-hydrogen) atoms. The molecular formula is C23H26N4O3. The smallest absolute Gasteiger partial charge is 0.307 e. The van der Waals surface area contributed by atoms with Crippen molar-refractivity contribution in [2.75, 3.05) is 13.2 Å². The van der Waals surface area contributed by atoms with E-state index in [1.807, 2.05) is 54.8 Å². The van der Waals surface area contributed by atoms with Crippen molar-refractivity contribution < 1.29 is 14.3 Å². The summed E-state index contributed by atoms with van der Waals surface area (Å²) in [6.45, 7) is 6.56. The zero-order chi connectivity index (χ0) is 21.5. The normalized spacial score (nSPS) is 10.6. The molecule has 0 fully saturated rings. The summed E-state index contributed by atoms with van der Waals surface area (Å²) >= 11 is 0. The molecule has 3 heterocycles. The largest absolute Gasteiger partial charge is 0.466 e. The van der Waals surface area contributed by atoms with Crippen LogP contribution < -0.4 is 0 Å². The van der Waals surface area contributed by atoms with Gasteiger partial charge in [0.05, 0.1) is 18.6 Å². The van der Waals surface area contributed by atoms with E-state index in [4.69, 9.17) is 4.74 Å². The second-order valence-electron chi connectivity index (χ2n) is 6.95. The zero-order valence-corrected chi connectivity index (χ0v) is 17.5. The SMILES string of the molecule is CCOC(=O)CCN(Cc1cccnc1)C(=O)c1cc(C)n(-c2ccccn2)c1C. The molecule has 156 valence electrons. The average molecular weight is 406 g/mol. The highest BCUT2D eigenvalue weighted by atomic mass is 16.5. The van der Waals surface area contributed by atoms with E-state index in [2.05, 4.69) is 9.97 Å². The summed E-state index contributed by atoms with van der Waals surface area (Å²) < 4.78 is 6.99. The first-order valence-electron chi connectivity index (χ1n) is 9.95. The zero-order valence-electron chi connectivity index (χ0n) is 17.5. The molecule has 3 rings (SSSR count). The Balaban J connectivity index is 1.89. The second kappa shape index (κ2) is 9.82. The maximum atomic E-state index is 13.5. The third kappa shape index (κ3) is 4.92. The van der Waals surface area contributed by atoms with Gasteiger partial charge in [0.2, 0.25) is 0 Å². The van der Waals surface area contributed by atoms with Crippen LogP contribution in [-0.4, -0.2) is 44.5 Å². The van der Waals surface area contributed by atoms with Gasteiger partial charge in [-0.1, -0.05) is 12.1 Å². The van der Waals surface area contributed by atoms with Crippen LogP contribution in [0.25, 0.3) is 5.82 Å². The van der Waals surface area contributed by atoms with Gasteiger partial charge in [-0.3, -0.25) is 14.6 Å². The van der Waals surface area contributed by atoms with Gasteiger partial charge in [0.25, 0.3) is 5.91 Å². The van der Waals surface area contributed by atoms with E-state index < -0.39 is 0 Å². The van der Waals surface area contributed by atoms with Gasteiger partial charge in [-0.15, -0.1) is 0 Å². The summed E-state index contributed by atoms with van der Waals surface area (Å²) in [4.78, 5) is 35.5. The van der Waals surface area contributed by atoms with Crippen LogP contribution in [0.15, 0.2) is 55.0 Å². The van der Waals surface area contributed by atoms with Crippen molar-refractivity contribution in [2.45, 2.75) is 33.7 Å². The number of amides is 1. The van der Waals surface area contributed by atoms with E-state index in [0.717, 1.165) is 22.8 Å². The number of hydrogen-bond donors (Lipinski definition) is 0. The first-order chi connectivity index (χ1) is 14.5. The van der Waals surface area contributed by atoms with Crippen molar-refractivity contribution in [2.24, 2.45) is 0 Å². The highest BCUT2D eigenvalue weighted by Crippen LogP contribution is 2.22. The van der Waals surface area contributed by atoms with E-state index in [9.17, 15) is 9.59 Å². The lowest BCUT2D eigenvalue weighted by Gasteiger charge is -2.22. The molecule has 0 bridgehead atoms. The highest BCUT2D eigenvalue weighted by molar-refractivity contribution is 5.96. The summed E-state index contributed by atoms with van der Waals surface area (Å²) in [6.07, 6.45) is 5.28. The summed E-state index contributed by atoms with van der Waals surface area (Å²) in [5.74, 6) is 0.302. The van der Waals surface area contributed by atoms with E-state index in [0.29, 0.717) is 18.7 Å². The molecule has 3 aromatic rings. The standard InChI is InChI=1S/C23H26N4O3/c1-4-30-22(28)10-13-26(16-19-8-7-11-24-15-19)23(29)20-14-17(2)27(18(20)3)21-9-5-6-12-25-21/h5-9,11-12,14-15H,4,10,13,16H2,1-3H3. The molecule has 3 aromatic heterocycles. The number of pyridine rings is 2. The van der Waals surface area contributed by atoms with Crippen LogP contribution >= 0.6 is 0 Å². The van der Waals surface area contributed by atoms with E-state index in [1.54, 1.807) is 30.4 Å². The molecule has 0 saturated carbocycles. The number of aryl methyl sites for hydroxylation is 1. The first kappa shape index (κ1) is 21.2. The third-order valence-electron chi connectivity index (χ3n) is 4.81. The number of ether oxygens (including phenoxy) is 1. The van der Waals surface area contributed by atoms with Crippen LogP contribution in [0.5, 0.6) is 0 Å². The number of carbonyl (C=O) groups is 2. The molecule has 0 unspecified atom stereocenters. The Kier molecular flexibility index (Phi) is 6.95. The molecule has 1 amide bonds. The van der Waals surface area contributed by atoms with Crippen LogP contribution in [0.3, 0.4) is 0 Å². The molecule has 0 aliphatic carbocycles. The van der Waals surface area contributed by atoms with Gasteiger partial charge in [0, 0.05) is 43.1 Å². The fourth-order valence-electron chi connectivity index (χ4n) is 3.41. The molecule has 0 radical (unpaired) electrons. The number of carbonyl (C=O) groups excluding carboxylic acids is 2. The van der Waals surface area contributed by atoms with Gasteiger partial charge in [-0.25, -0.2) is 4.98 Å². The van der Waals surface area contributed by atoms with Crippen molar-refractivity contribution in [3.8, 4) is 5.82 Å². The van der Waals surface area contributed by atoms with Gasteiger partial charge in [0.1, 0.15) is 5.82 Å². The number of esters is 1. The maximum absolute atomic E-state index is 13.5. The molecule has 7 heteroatoms. The Labute approximate surface area is 176 Å². The monoisotopic (exact) mass is 406 g/mol. The van der Waals surface area contributed by atoms with Crippen molar-refractivity contribution >= 4 is 11.9 Å². The third-order valence-corrected chi connectivity index (χ3v) is 4.81. The minimum absolute atomic E-state index is 0.138. The molecule has 0 aliphatic heterocycles. The Morgan fingerprint density at radius 2 is 1.97 bits per heavy atom. The molecule has 0 aromatic carbocycles. The average Bonchev–Trinajstić information content (AvgIpc) is 3.06. The minimum Gasteiger partial charge on any atom is -0.466 e. The molecule has 0 spiro atoms. The fraction of sp³-hybridized carbons (Fsp3) is 0.304. The van der Waals surface area contributed by atoms with Crippen molar-refractivity contribution in [1.29, 1.82) is 0 Å². The second-order valence-corrected chi connectivity index (χ2v) is 6.95. The van der Waals surface area contributed by atoms with Gasteiger partial charge in [-0.05, 0) is 50.6 Å². The Morgan fingerprint density at radius 1 is 1.13 bits per heavy atom. The first-order valence-corrected chi connectivity index (χ1v) is 9.95. The quantitative estimate of drug-likeness (QED) is 0.535. The lowest BCUT2D eigenvalue weighted by Crippen LogP contribution is -2.33. The summed E-state index contributed by atoms with van der Waals surface area (Å²) in [6, 6.07) is 11.3. The van der Waals surface area contributed by atoms with Gasteiger partial charge in [0.15, 0.2) is 0 Å². The topological polar surface area (TPSA) is 77.3 Å². The van der Waals surface area contributed by atoms with Crippen molar-refractivity contribution in [3.63, 3.8) is 0 Å². The summed E-state index contributed by atoms with van der Waals surface area (Å²) in [5, 5.41) is 0. The summed E-state index contributed by atoms with van der Waals surface area (Å²) in [5.41, 5.74) is 3.21. The van der Waals surface area contributed by atoms with Crippen LogP contribution in [0, 0.1) is 13.8 Å². The van der Waals surface area contributed by atoms with E-state index in [-0.39, 0.29) is 24.8 Å². The van der Waals surface area contributed by atoms with Crippen LogP contribution in [0.2, 0.25) is 0 Å². The highest BCUT2D eigenvalue weighted by Gasteiger charge is 2.23. The van der Waals surface area contributed by atoms with Crippen LogP contribution in [0.1, 0.15) is 40.7 Å². The lowest BCUT2D eigenvalue weighted by molar-refractivity contribution is -0.143. The molecule has 0 saturated heterocycles. The summed E-state index contributed by atoms with van der Waals surface area (Å²) in [7, 11) is 0. The van der Waals surface area contributed by atoms with E-state index in [1.165, 1.54) is 0 Å². The lowest BCUT2D eigenvalue weighted by atomic mass is 10.2. The van der Waals surface area contributed by atoms with Crippen molar-refractivity contribution in [1.82, 2.24) is 19.4 Å². The predicted molar refractivity (Wildman–Crippen MR) is 113 cm³/mol. The molecule has 7 nitrogen and oxygen atoms in total. The minimum atomic E-state index is -0.319. The number of hydrogen-bond acceptors (Lipinski definition) is 5. The van der Waals surface area contributed by atoms with Crippen molar-refractivity contribution in [3.05, 3.63) is 77.5 Å². The van der Waals surface area contributed by atoms with Gasteiger partial charge >= 0.3 is 5.97 Å². The Hall–Kier alpha value is -3.48. The molecule has 0 aliphatic rings. The number of nitrogens with zero attached hydrogens (tertiary/aromatic N) is 4. The molecular weight excluding hydrogens is 380 g/mol. The number of rotatable bonds is 8. The Morgan fingerprint density at radius 3 is 2.63 bits per heavy atom.